The van der Waals surface area contributed by atoms with Gasteiger partial charge >= 0.3 is 0 Å². The van der Waals surface area contributed by atoms with Crippen LogP contribution >= 0.6 is 0 Å². The summed E-state index contributed by atoms with van der Waals surface area (Å²) in [7, 11) is 1.69. The fourth-order valence-corrected chi connectivity index (χ4v) is 3.09. The summed E-state index contributed by atoms with van der Waals surface area (Å²) in [5.41, 5.74) is 1.20. The molecule has 118 valence electrons. The lowest BCUT2D eigenvalue weighted by Crippen LogP contribution is -2.29. The summed E-state index contributed by atoms with van der Waals surface area (Å²) in [5.74, 6) is 2.57. The van der Waals surface area contributed by atoms with Gasteiger partial charge in [0.05, 0.1) is 6.61 Å². The highest BCUT2D eigenvalue weighted by atomic mass is 16.5. The Kier molecular flexibility index (Phi) is 6.37. The largest absolute Gasteiger partial charge is 0.491 e. The first kappa shape index (κ1) is 16.2. The second-order valence-electron chi connectivity index (χ2n) is 6.38. The van der Waals surface area contributed by atoms with E-state index in [1.807, 2.05) is 12.1 Å². The topological polar surface area (TPSA) is 30.5 Å². The van der Waals surface area contributed by atoms with Gasteiger partial charge in [-0.3, -0.25) is 0 Å². The van der Waals surface area contributed by atoms with Crippen LogP contribution in [-0.4, -0.2) is 26.4 Å². The molecular formula is C18H29NO2. The Bertz CT molecular complexity index is 402. The number of ether oxygens (including phenoxy) is 2. The molecule has 0 aliphatic heterocycles. The molecule has 0 heterocycles. The van der Waals surface area contributed by atoms with Crippen molar-refractivity contribution in [1.82, 2.24) is 0 Å². The van der Waals surface area contributed by atoms with E-state index < -0.39 is 0 Å². The molecule has 2 unspecified atom stereocenters. The molecule has 1 N–H and O–H groups in total. The zero-order chi connectivity index (χ0) is 15.1. The maximum atomic E-state index is 5.59. The Morgan fingerprint density at radius 2 is 1.90 bits per heavy atom. The van der Waals surface area contributed by atoms with Gasteiger partial charge in [0.2, 0.25) is 0 Å². The van der Waals surface area contributed by atoms with Crippen molar-refractivity contribution >= 4 is 5.69 Å². The number of hydrogen-bond donors (Lipinski definition) is 1. The van der Waals surface area contributed by atoms with Gasteiger partial charge in [-0.05, 0) is 48.9 Å². The van der Waals surface area contributed by atoms with Crippen molar-refractivity contribution in [3.63, 3.8) is 0 Å². The molecule has 3 nitrogen and oxygen atoms in total. The standard InChI is InChI=1S/C18H29NO2/c1-14(2)15-5-4-6-17(13-15)19-16-7-9-18(10-8-16)21-12-11-20-3/h7-10,14-15,17,19H,4-6,11-13H2,1-3H3. The van der Waals surface area contributed by atoms with Crippen molar-refractivity contribution in [2.75, 3.05) is 25.6 Å². The van der Waals surface area contributed by atoms with E-state index in [9.17, 15) is 0 Å². The molecule has 21 heavy (non-hydrogen) atoms. The molecule has 2 atom stereocenters. The summed E-state index contributed by atoms with van der Waals surface area (Å²) in [6.07, 6.45) is 5.32. The van der Waals surface area contributed by atoms with E-state index in [0.29, 0.717) is 19.3 Å². The van der Waals surface area contributed by atoms with Crippen LogP contribution in [0.4, 0.5) is 5.69 Å². The van der Waals surface area contributed by atoms with E-state index in [2.05, 4.69) is 31.3 Å². The highest BCUT2D eigenvalue weighted by molar-refractivity contribution is 5.47. The van der Waals surface area contributed by atoms with Crippen molar-refractivity contribution in [1.29, 1.82) is 0 Å². The molecule has 0 amide bonds. The number of anilines is 1. The predicted molar refractivity (Wildman–Crippen MR) is 88.0 cm³/mol. The van der Waals surface area contributed by atoms with Crippen LogP contribution in [0.3, 0.4) is 0 Å². The first-order chi connectivity index (χ1) is 10.2. The Morgan fingerprint density at radius 3 is 2.57 bits per heavy atom. The number of benzene rings is 1. The first-order valence-electron chi connectivity index (χ1n) is 8.17. The van der Waals surface area contributed by atoms with Crippen LogP contribution in [0.15, 0.2) is 24.3 Å². The predicted octanol–water partition coefficient (Wildman–Crippen LogP) is 4.34. The van der Waals surface area contributed by atoms with Crippen LogP contribution in [0.1, 0.15) is 39.5 Å². The van der Waals surface area contributed by atoms with Crippen LogP contribution in [0.5, 0.6) is 5.75 Å². The van der Waals surface area contributed by atoms with E-state index in [1.165, 1.54) is 31.4 Å². The second-order valence-corrected chi connectivity index (χ2v) is 6.38. The van der Waals surface area contributed by atoms with E-state index in [4.69, 9.17) is 9.47 Å². The van der Waals surface area contributed by atoms with Crippen molar-refractivity contribution in [2.45, 2.75) is 45.6 Å². The summed E-state index contributed by atoms with van der Waals surface area (Å²) in [6, 6.07) is 8.90. The fourth-order valence-electron chi connectivity index (χ4n) is 3.09. The van der Waals surface area contributed by atoms with Crippen LogP contribution in [0.2, 0.25) is 0 Å². The van der Waals surface area contributed by atoms with Gasteiger partial charge in [0.25, 0.3) is 0 Å². The average Bonchev–Trinajstić information content (AvgIpc) is 2.49. The molecule has 0 saturated heterocycles. The van der Waals surface area contributed by atoms with Gasteiger partial charge < -0.3 is 14.8 Å². The molecule has 1 aromatic carbocycles. The molecule has 1 aliphatic carbocycles. The van der Waals surface area contributed by atoms with Gasteiger partial charge in [-0.15, -0.1) is 0 Å². The van der Waals surface area contributed by atoms with E-state index in [-0.39, 0.29) is 0 Å². The van der Waals surface area contributed by atoms with Gasteiger partial charge in [-0.25, -0.2) is 0 Å². The van der Waals surface area contributed by atoms with Crippen LogP contribution in [0, 0.1) is 11.8 Å². The van der Waals surface area contributed by atoms with E-state index in [1.54, 1.807) is 7.11 Å². The molecule has 0 bridgehead atoms. The lowest BCUT2D eigenvalue weighted by atomic mass is 9.79. The van der Waals surface area contributed by atoms with Gasteiger partial charge in [0, 0.05) is 18.8 Å². The SMILES string of the molecule is COCCOc1ccc(NC2CCCC(C(C)C)C2)cc1. The van der Waals surface area contributed by atoms with Crippen LogP contribution in [-0.2, 0) is 4.74 Å². The monoisotopic (exact) mass is 291 g/mol. The Hall–Kier alpha value is -1.22. The lowest BCUT2D eigenvalue weighted by molar-refractivity contribution is 0.146. The summed E-state index contributed by atoms with van der Waals surface area (Å²) in [6.45, 7) is 5.92. The molecule has 1 fully saturated rings. The van der Waals surface area contributed by atoms with E-state index in [0.717, 1.165) is 17.6 Å². The molecule has 1 saturated carbocycles. The van der Waals surface area contributed by atoms with Gasteiger partial charge in [-0.1, -0.05) is 26.7 Å². The highest BCUT2D eigenvalue weighted by Gasteiger charge is 2.23. The van der Waals surface area contributed by atoms with Gasteiger partial charge in [-0.2, -0.15) is 0 Å². The Balaban J connectivity index is 1.82. The minimum Gasteiger partial charge on any atom is -0.491 e. The Labute approximate surface area is 129 Å². The quantitative estimate of drug-likeness (QED) is 0.758. The number of rotatable bonds is 7. The summed E-state index contributed by atoms with van der Waals surface area (Å²) in [4.78, 5) is 0. The van der Waals surface area contributed by atoms with Gasteiger partial charge in [0.15, 0.2) is 0 Å². The molecule has 0 radical (unpaired) electrons. The molecule has 2 rings (SSSR count). The second kappa shape index (κ2) is 8.28. The number of methoxy groups -OCH3 is 1. The van der Waals surface area contributed by atoms with Crippen molar-refractivity contribution in [2.24, 2.45) is 11.8 Å². The fraction of sp³-hybridized carbons (Fsp3) is 0.667. The summed E-state index contributed by atoms with van der Waals surface area (Å²) >= 11 is 0. The smallest absolute Gasteiger partial charge is 0.119 e. The molecule has 1 aromatic rings. The zero-order valence-corrected chi connectivity index (χ0v) is 13.6. The van der Waals surface area contributed by atoms with Crippen molar-refractivity contribution in [3.8, 4) is 5.75 Å². The Morgan fingerprint density at radius 1 is 1.14 bits per heavy atom. The molecule has 0 spiro atoms. The maximum Gasteiger partial charge on any atom is 0.119 e. The normalized spacial score (nSPS) is 22.3. The molecule has 1 aliphatic rings. The van der Waals surface area contributed by atoms with Crippen molar-refractivity contribution in [3.05, 3.63) is 24.3 Å². The highest BCUT2D eigenvalue weighted by Crippen LogP contribution is 2.31. The number of hydrogen-bond acceptors (Lipinski definition) is 3. The third-order valence-electron chi connectivity index (χ3n) is 4.44. The zero-order valence-electron chi connectivity index (χ0n) is 13.6. The maximum absolute atomic E-state index is 5.59. The minimum atomic E-state index is 0.599. The number of nitrogens with one attached hydrogen (secondary N) is 1. The average molecular weight is 291 g/mol. The minimum absolute atomic E-state index is 0.599. The first-order valence-corrected chi connectivity index (χ1v) is 8.17. The molecule has 3 heteroatoms. The lowest BCUT2D eigenvalue weighted by Gasteiger charge is -2.32. The van der Waals surface area contributed by atoms with E-state index >= 15 is 0 Å². The summed E-state index contributed by atoms with van der Waals surface area (Å²) < 4.78 is 10.6. The summed E-state index contributed by atoms with van der Waals surface area (Å²) in [5, 5.41) is 3.68. The molecular weight excluding hydrogens is 262 g/mol. The van der Waals surface area contributed by atoms with Crippen LogP contribution in [0.25, 0.3) is 0 Å². The molecule has 0 aromatic heterocycles. The van der Waals surface area contributed by atoms with Gasteiger partial charge in [0.1, 0.15) is 12.4 Å². The third-order valence-corrected chi connectivity index (χ3v) is 4.44. The van der Waals surface area contributed by atoms with Crippen molar-refractivity contribution < 1.29 is 9.47 Å². The van der Waals surface area contributed by atoms with Crippen LogP contribution < -0.4 is 10.1 Å². The third kappa shape index (κ3) is 5.24.